The average Bonchev–Trinajstić information content (AvgIpc) is 3.18. The maximum absolute atomic E-state index is 5.87. The van der Waals surface area contributed by atoms with Gasteiger partial charge in [0, 0.05) is 25.1 Å². The quantitative estimate of drug-likeness (QED) is 0.885. The van der Waals surface area contributed by atoms with E-state index in [0.717, 1.165) is 17.3 Å². The van der Waals surface area contributed by atoms with Crippen molar-refractivity contribution in [3.63, 3.8) is 0 Å². The first kappa shape index (κ1) is 14.3. The van der Waals surface area contributed by atoms with Crippen LogP contribution in [0.1, 0.15) is 58.2 Å². The molecule has 1 unspecified atom stereocenters. The Hall–Kier alpha value is -1.16. The van der Waals surface area contributed by atoms with Gasteiger partial charge in [-0.3, -0.25) is 0 Å². The summed E-state index contributed by atoms with van der Waals surface area (Å²) in [6.45, 7) is 9.25. The summed E-state index contributed by atoms with van der Waals surface area (Å²) in [4.78, 5) is 9.36. The Labute approximate surface area is 116 Å². The molecular formula is C15H25N3O. The zero-order valence-corrected chi connectivity index (χ0v) is 12.7. The van der Waals surface area contributed by atoms with Crippen molar-refractivity contribution in [1.29, 1.82) is 0 Å². The second-order valence-electron chi connectivity index (χ2n) is 6.21. The Kier molecular flexibility index (Phi) is 4.09. The Balaban J connectivity index is 2.37. The van der Waals surface area contributed by atoms with Crippen LogP contribution in [0.5, 0.6) is 0 Å². The van der Waals surface area contributed by atoms with Crippen molar-refractivity contribution in [3.05, 3.63) is 17.6 Å². The fourth-order valence-electron chi connectivity index (χ4n) is 2.11. The van der Waals surface area contributed by atoms with Gasteiger partial charge in [0.1, 0.15) is 11.9 Å². The summed E-state index contributed by atoms with van der Waals surface area (Å²) in [7, 11) is 1.89. The lowest BCUT2D eigenvalue weighted by atomic mass is 9.91. The molecule has 1 fully saturated rings. The molecule has 4 nitrogen and oxygen atoms in total. The number of anilines is 1. The van der Waals surface area contributed by atoms with E-state index in [-0.39, 0.29) is 11.5 Å². The summed E-state index contributed by atoms with van der Waals surface area (Å²) in [6.07, 6.45) is 2.50. The van der Waals surface area contributed by atoms with Crippen LogP contribution in [0.15, 0.2) is 6.07 Å². The molecule has 1 aromatic rings. The van der Waals surface area contributed by atoms with Crippen LogP contribution >= 0.6 is 0 Å². The van der Waals surface area contributed by atoms with Crippen molar-refractivity contribution < 1.29 is 4.74 Å². The highest BCUT2D eigenvalue weighted by Gasteiger charge is 2.35. The van der Waals surface area contributed by atoms with Crippen LogP contribution in [0.25, 0.3) is 0 Å². The molecule has 1 heterocycles. The van der Waals surface area contributed by atoms with Crippen LogP contribution in [0.2, 0.25) is 0 Å². The van der Waals surface area contributed by atoms with Gasteiger partial charge in [-0.25, -0.2) is 9.97 Å². The zero-order chi connectivity index (χ0) is 14.0. The summed E-state index contributed by atoms with van der Waals surface area (Å²) in [6, 6.07) is 2.03. The molecule has 0 radical (unpaired) electrons. The molecule has 0 aromatic carbocycles. The minimum Gasteiger partial charge on any atom is -0.373 e. The molecule has 1 saturated carbocycles. The number of hydrogen-bond donors (Lipinski definition) is 1. The molecule has 106 valence electrons. The number of nitrogens with one attached hydrogen (secondary N) is 1. The van der Waals surface area contributed by atoms with Gasteiger partial charge in [0.25, 0.3) is 0 Å². The van der Waals surface area contributed by atoms with Crippen molar-refractivity contribution >= 4 is 5.82 Å². The molecule has 1 aliphatic carbocycles. The third-order valence-corrected chi connectivity index (χ3v) is 3.42. The van der Waals surface area contributed by atoms with Crippen LogP contribution in [0.3, 0.4) is 0 Å². The zero-order valence-electron chi connectivity index (χ0n) is 12.7. The standard InChI is InChI=1S/C15H25N3O/c1-6-19-13(10-7-8-10)14-17-11(15(2,3)4)9-12(16-5)18-14/h9-10,13H,6-8H2,1-5H3,(H,16,17,18). The van der Waals surface area contributed by atoms with Crippen LogP contribution in [0, 0.1) is 5.92 Å². The maximum atomic E-state index is 5.87. The predicted molar refractivity (Wildman–Crippen MR) is 77.4 cm³/mol. The lowest BCUT2D eigenvalue weighted by molar-refractivity contribution is 0.0398. The van der Waals surface area contributed by atoms with E-state index in [1.807, 2.05) is 20.0 Å². The number of nitrogens with zero attached hydrogens (tertiary/aromatic N) is 2. The van der Waals surface area contributed by atoms with Gasteiger partial charge < -0.3 is 10.1 Å². The van der Waals surface area contributed by atoms with Gasteiger partial charge in [0.15, 0.2) is 5.82 Å². The fourth-order valence-corrected chi connectivity index (χ4v) is 2.11. The van der Waals surface area contributed by atoms with Crippen LogP contribution in [-0.4, -0.2) is 23.6 Å². The first-order valence-corrected chi connectivity index (χ1v) is 7.14. The summed E-state index contributed by atoms with van der Waals surface area (Å²) in [5.74, 6) is 2.31. The van der Waals surface area contributed by atoms with Crippen LogP contribution in [-0.2, 0) is 10.2 Å². The van der Waals surface area contributed by atoms with Crippen molar-refractivity contribution in [2.24, 2.45) is 5.92 Å². The SMILES string of the molecule is CCOC(c1nc(NC)cc(C(C)(C)C)n1)C1CC1. The molecular weight excluding hydrogens is 238 g/mol. The van der Waals surface area contributed by atoms with Gasteiger partial charge in [0.05, 0.1) is 5.69 Å². The second-order valence-corrected chi connectivity index (χ2v) is 6.21. The van der Waals surface area contributed by atoms with Crippen LogP contribution < -0.4 is 5.32 Å². The minimum absolute atomic E-state index is 0.0175. The summed E-state index contributed by atoms with van der Waals surface area (Å²) < 4.78 is 5.87. The van der Waals surface area contributed by atoms with E-state index < -0.39 is 0 Å². The van der Waals surface area contributed by atoms with E-state index in [4.69, 9.17) is 9.72 Å². The van der Waals surface area contributed by atoms with Crippen molar-refractivity contribution in [3.8, 4) is 0 Å². The number of ether oxygens (including phenoxy) is 1. The smallest absolute Gasteiger partial charge is 0.160 e. The molecule has 1 atom stereocenters. The Morgan fingerprint density at radius 1 is 1.37 bits per heavy atom. The highest BCUT2D eigenvalue weighted by molar-refractivity contribution is 5.37. The van der Waals surface area contributed by atoms with Crippen molar-refractivity contribution in [2.45, 2.75) is 52.1 Å². The normalized spacial score (nSPS) is 17.3. The monoisotopic (exact) mass is 263 g/mol. The number of rotatable bonds is 5. The van der Waals surface area contributed by atoms with E-state index in [2.05, 4.69) is 31.1 Å². The maximum Gasteiger partial charge on any atom is 0.160 e. The molecule has 4 heteroatoms. The molecule has 1 aromatic heterocycles. The summed E-state index contributed by atoms with van der Waals surface area (Å²) in [5, 5.41) is 3.13. The Bertz CT molecular complexity index is 436. The summed E-state index contributed by atoms with van der Waals surface area (Å²) >= 11 is 0. The van der Waals surface area contributed by atoms with Gasteiger partial charge in [-0.1, -0.05) is 20.8 Å². The molecule has 0 spiro atoms. The van der Waals surface area contributed by atoms with Crippen molar-refractivity contribution in [1.82, 2.24) is 9.97 Å². The van der Waals surface area contributed by atoms with Gasteiger partial charge in [-0.05, 0) is 25.7 Å². The Morgan fingerprint density at radius 3 is 2.53 bits per heavy atom. The van der Waals surface area contributed by atoms with E-state index in [9.17, 15) is 0 Å². The largest absolute Gasteiger partial charge is 0.373 e. The lowest BCUT2D eigenvalue weighted by Crippen LogP contribution is -2.19. The molecule has 0 saturated heterocycles. The van der Waals surface area contributed by atoms with Gasteiger partial charge in [-0.2, -0.15) is 0 Å². The van der Waals surface area contributed by atoms with E-state index in [1.165, 1.54) is 12.8 Å². The first-order chi connectivity index (χ1) is 8.95. The van der Waals surface area contributed by atoms with Gasteiger partial charge >= 0.3 is 0 Å². The first-order valence-electron chi connectivity index (χ1n) is 7.14. The molecule has 1 N–H and O–H groups in total. The lowest BCUT2D eigenvalue weighted by Gasteiger charge is -2.22. The topological polar surface area (TPSA) is 47.0 Å². The summed E-state index contributed by atoms with van der Waals surface area (Å²) in [5.41, 5.74) is 1.08. The molecule has 2 rings (SSSR count). The minimum atomic E-state index is 0.0175. The van der Waals surface area contributed by atoms with E-state index in [1.54, 1.807) is 0 Å². The van der Waals surface area contributed by atoms with Gasteiger partial charge in [-0.15, -0.1) is 0 Å². The third-order valence-electron chi connectivity index (χ3n) is 3.42. The fraction of sp³-hybridized carbons (Fsp3) is 0.733. The second kappa shape index (κ2) is 5.45. The number of hydrogen-bond acceptors (Lipinski definition) is 4. The van der Waals surface area contributed by atoms with Crippen molar-refractivity contribution in [2.75, 3.05) is 19.0 Å². The van der Waals surface area contributed by atoms with Crippen LogP contribution in [0.4, 0.5) is 5.82 Å². The number of aromatic nitrogens is 2. The third kappa shape index (κ3) is 3.44. The predicted octanol–water partition coefficient (Wildman–Crippen LogP) is 3.30. The van der Waals surface area contributed by atoms with Gasteiger partial charge in [0.2, 0.25) is 0 Å². The molecule has 0 bridgehead atoms. The van der Waals surface area contributed by atoms with E-state index >= 15 is 0 Å². The Morgan fingerprint density at radius 2 is 2.05 bits per heavy atom. The molecule has 19 heavy (non-hydrogen) atoms. The highest BCUT2D eigenvalue weighted by Crippen LogP contribution is 2.42. The molecule has 0 aliphatic heterocycles. The molecule has 0 amide bonds. The highest BCUT2D eigenvalue weighted by atomic mass is 16.5. The average molecular weight is 263 g/mol. The molecule has 1 aliphatic rings. The van der Waals surface area contributed by atoms with E-state index in [0.29, 0.717) is 12.5 Å².